The van der Waals surface area contributed by atoms with E-state index >= 15 is 0 Å². The highest BCUT2D eigenvalue weighted by molar-refractivity contribution is 7.10. The van der Waals surface area contributed by atoms with E-state index in [1.54, 1.807) is 25.1 Å². The Hall–Kier alpha value is -2.23. The highest BCUT2D eigenvalue weighted by Crippen LogP contribution is 2.25. The monoisotopic (exact) mass is 368 g/mol. The van der Waals surface area contributed by atoms with Gasteiger partial charge >= 0.3 is 6.09 Å². The van der Waals surface area contributed by atoms with E-state index in [9.17, 15) is 14.7 Å². The fourth-order valence-corrected chi connectivity index (χ4v) is 3.25. The summed E-state index contributed by atoms with van der Waals surface area (Å²) in [6.07, 6.45) is -2.30. The van der Waals surface area contributed by atoms with Gasteiger partial charge in [0, 0.05) is 4.88 Å². The highest BCUT2D eigenvalue weighted by Gasteiger charge is 2.34. The third-order valence-corrected chi connectivity index (χ3v) is 4.69. The molecule has 0 spiro atoms. The minimum Gasteiger partial charge on any atom is -0.479 e. The number of rotatable bonds is 4. The predicted molar refractivity (Wildman–Crippen MR) is 90.3 cm³/mol. The van der Waals surface area contributed by atoms with Crippen molar-refractivity contribution in [2.24, 2.45) is 0 Å². The second-order valence-electron chi connectivity index (χ2n) is 4.51. The van der Waals surface area contributed by atoms with Gasteiger partial charge in [-0.1, -0.05) is 12.1 Å². The molecule has 0 bridgehead atoms. The number of thiophene rings is 2. The Balaban J connectivity index is 0.000000174. The molecule has 0 aromatic carbocycles. The van der Waals surface area contributed by atoms with Gasteiger partial charge in [-0.05, 0) is 29.8 Å². The molecule has 1 fully saturated rings. The third-order valence-electron chi connectivity index (χ3n) is 2.85. The van der Waals surface area contributed by atoms with E-state index in [-0.39, 0.29) is 11.8 Å². The molecule has 0 radical (unpaired) electrons. The highest BCUT2D eigenvalue weighted by atomic mass is 32.1. The molecule has 128 valence electrons. The van der Waals surface area contributed by atoms with Crippen LogP contribution in [0.25, 0.3) is 0 Å². The first-order valence-corrected chi connectivity index (χ1v) is 8.76. The zero-order valence-electron chi connectivity index (χ0n) is 12.7. The lowest BCUT2D eigenvalue weighted by atomic mass is 10.3. The second-order valence-corrected chi connectivity index (χ2v) is 6.46. The van der Waals surface area contributed by atoms with E-state index < -0.39 is 18.3 Å². The number of cyclic esters (lactones) is 1. The normalized spacial score (nSPS) is 17.3. The number of hydrogen-bond donors (Lipinski definition) is 3. The van der Waals surface area contributed by atoms with Crippen LogP contribution in [-0.2, 0) is 14.3 Å². The quantitative estimate of drug-likeness (QED) is 0.568. The maximum Gasteiger partial charge on any atom is 0.415 e. The van der Waals surface area contributed by atoms with Gasteiger partial charge in [0.25, 0.3) is 5.91 Å². The van der Waals surface area contributed by atoms with Crippen LogP contribution in [-0.4, -0.2) is 29.6 Å². The van der Waals surface area contributed by atoms with Gasteiger partial charge in [-0.25, -0.2) is 4.79 Å². The summed E-state index contributed by atoms with van der Waals surface area (Å²) in [5, 5.41) is 22.5. The number of ether oxygens (including phenoxy) is 2. The summed E-state index contributed by atoms with van der Waals surface area (Å²) in [7, 11) is 0. The molecule has 1 saturated heterocycles. The number of carbonyl (C=O) groups is 2. The van der Waals surface area contributed by atoms with Gasteiger partial charge < -0.3 is 14.6 Å². The lowest BCUT2D eigenvalue weighted by Crippen LogP contribution is -2.20. The number of imide groups is 1. The van der Waals surface area contributed by atoms with Crippen LogP contribution in [0.2, 0.25) is 0 Å². The van der Waals surface area contributed by atoms with Gasteiger partial charge in [0.1, 0.15) is 0 Å². The van der Waals surface area contributed by atoms with E-state index in [1.165, 1.54) is 22.7 Å². The molecule has 9 heteroatoms. The van der Waals surface area contributed by atoms with Crippen molar-refractivity contribution in [3.05, 3.63) is 44.8 Å². The molecule has 3 N–H and O–H groups in total. The Morgan fingerprint density at radius 1 is 1.38 bits per heavy atom. The minimum absolute atomic E-state index is 0.0834. The Kier molecular flexibility index (Phi) is 6.47. The summed E-state index contributed by atoms with van der Waals surface area (Å²) >= 11 is 2.80. The number of alkyl carbamates (subject to hydrolysis) is 1. The van der Waals surface area contributed by atoms with Crippen LogP contribution in [0, 0.1) is 5.41 Å². The summed E-state index contributed by atoms with van der Waals surface area (Å²) in [6.45, 7) is 2.21. The van der Waals surface area contributed by atoms with Crippen molar-refractivity contribution < 1.29 is 24.2 Å². The fraction of sp³-hybridized carbons (Fsp3) is 0.267. The SMILES string of the molecule is CCOC(=N)C(O)c1cccs1.O=C1NC(=O)C(c2cccs2)O1. The number of nitrogens with one attached hydrogen (secondary N) is 2. The van der Waals surface area contributed by atoms with E-state index in [0.717, 1.165) is 9.75 Å². The standard InChI is InChI=1S/C8H11NO2S.C7H5NO3S/c1-2-11-8(9)7(10)6-4-3-5-12-6;9-6-5(11-7(10)8-6)4-2-1-3-12-4/h3-5,7,9-10H,2H2,1H3;1-3,5H,(H,8,9,10). The van der Waals surface area contributed by atoms with Crippen LogP contribution in [0.3, 0.4) is 0 Å². The first-order valence-electron chi connectivity index (χ1n) is 7.00. The summed E-state index contributed by atoms with van der Waals surface area (Å²) < 4.78 is 9.60. The molecule has 0 saturated carbocycles. The van der Waals surface area contributed by atoms with Crippen molar-refractivity contribution in [1.29, 1.82) is 5.41 Å². The van der Waals surface area contributed by atoms with Gasteiger partial charge in [-0.15, -0.1) is 22.7 Å². The van der Waals surface area contributed by atoms with E-state index in [4.69, 9.17) is 14.9 Å². The molecule has 1 aliphatic rings. The molecule has 3 rings (SSSR count). The summed E-state index contributed by atoms with van der Waals surface area (Å²) in [6, 6.07) is 7.18. The van der Waals surface area contributed by atoms with Crippen molar-refractivity contribution in [2.45, 2.75) is 19.1 Å². The first kappa shape index (κ1) is 18.1. The smallest absolute Gasteiger partial charge is 0.415 e. The van der Waals surface area contributed by atoms with Crippen molar-refractivity contribution in [1.82, 2.24) is 5.32 Å². The maximum atomic E-state index is 11.0. The number of hydrogen-bond acceptors (Lipinski definition) is 8. The summed E-state index contributed by atoms with van der Waals surface area (Å²) in [5.41, 5.74) is 0. The molecule has 2 aromatic heterocycles. The number of aliphatic hydroxyl groups excluding tert-OH is 1. The second kappa shape index (κ2) is 8.57. The molecule has 0 aliphatic carbocycles. The van der Waals surface area contributed by atoms with Gasteiger partial charge in [-0.2, -0.15) is 0 Å². The maximum absolute atomic E-state index is 11.0. The topological polar surface area (TPSA) is 109 Å². The van der Waals surface area contributed by atoms with Gasteiger partial charge in [0.15, 0.2) is 6.10 Å². The summed E-state index contributed by atoms with van der Waals surface area (Å²) in [4.78, 5) is 23.1. The third kappa shape index (κ3) is 4.63. The van der Waals surface area contributed by atoms with Crippen LogP contribution in [0.15, 0.2) is 35.0 Å². The molecular formula is C15H16N2O5S2. The van der Waals surface area contributed by atoms with Crippen LogP contribution < -0.4 is 5.32 Å². The van der Waals surface area contributed by atoms with Gasteiger partial charge in [-0.3, -0.25) is 15.5 Å². The largest absolute Gasteiger partial charge is 0.479 e. The van der Waals surface area contributed by atoms with E-state index in [2.05, 4.69) is 5.32 Å². The molecule has 7 nitrogen and oxygen atoms in total. The minimum atomic E-state index is -0.898. The van der Waals surface area contributed by atoms with Gasteiger partial charge in [0.2, 0.25) is 12.0 Å². The number of aliphatic hydroxyl groups is 1. The van der Waals surface area contributed by atoms with Crippen molar-refractivity contribution in [2.75, 3.05) is 6.61 Å². The molecule has 1 aliphatic heterocycles. The average Bonchev–Trinajstić information content (AvgIpc) is 3.29. The zero-order valence-corrected chi connectivity index (χ0v) is 14.4. The molecule has 2 atom stereocenters. The molecule has 3 heterocycles. The predicted octanol–water partition coefficient (Wildman–Crippen LogP) is 2.85. The average molecular weight is 368 g/mol. The lowest BCUT2D eigenvalue weighted by molar-refractivity contribution is -0.123. The Morgan fingerprint density at radius 3 is 2.58 bits per heavy atom. The van der Waals surface area contributed by atoms with Crippen molar-refractivity contribution >= 4 is 40.6 Å². The van der Waals surface area contributed by atoms with Gasteiger partial charge in [0.05, 0.1) is 11.5 Å². The lowest BCUT2D eigenvalue weighted by Gasteiger charge is -2.09. The molecule has 2 unspecified atom stereocenters. The van der Waals surface area contributed by atoms with Crippen LogP contribution in [0.5, 0.6) is 0 Å². The van der Waals surface area contributed by atoms with E-state index in [1.807, 2.05) is 16.8 Å². The molecule has 2 aromatic rings. The van der Waals surface area contributed by atoms with E-state index in [0.29, 0.717) is 6.61 Å². The molecule has 2 amide bonds. The zero-order chi connectivity index (χ0) is 17.5. The van der Waals surface area contributed by atoms with Crippen LogP contribution in [0.1, 0.15) is 28.9 Å². The molecule has 24 heavy (non-hydrogen) atoms. The number of carbonyl (C=O) groups excluding carboxylic acids is 2. The number of amides is 2. The molecular weight excluding hydrogens is 352 g/mol. The Bertz CT molecular complexity index is 685. The van der Waals surface area contributed by atoms with Crippen molar-refractivity contribution in [3.8, 4) is 0 Å². The summed E-state index contributed by atoms with van der Waals surface area (Å²) in [5.74, 6) is -0.470. The Morgan fingerprint density at radius 2 is 2.08 bits per heavy atom. The van der Waals surface area contributed by atoms with Crippen LogP contribution >= 0.6 is 22.7 Å². The van der Waals surface area contributed by atoms with Crippen molar-refractivity contribution in [3.63, 3.8) is 0 Å². The fourth-order valence-electron chi connectivity index (χ4n) is 1.79. The van der Waals surface area contributed by atoms with Crippen LogP contribution in [0.4, 0.5) is 4.79 Å². The Labute approximate surface area is 146 Å². The first-order chi connectivity index (χ1) is 11.5.